The minimum Gasteiger partial charge on any atom is -0.387 e. The summed E-state index contributed by atoms with van der Waals surface area (Å²) in [5, 5.41) is 28.7. The van der Waals surface area contributed by atoms with Crippen LogP contribution in [0.5, 0.6) is 0 Å². The molecule has 0 radical (unpaired) electrons. The summed E-state index contributed by atoms with van der Waals surface area (Å²) in [6, 6.07) is 0. The molecule has 0 aromatic carbocycles. The second kappa shape index (κ2) is 5.67. The maximum atomic E-state index is 9.37. The lowest BCUT2D eigenvalue weighted by atomic mass is 10.3. The highest BCUT2D eigenvalue weighted by atomic mass is 16.3. The van der Waals surface area contributed by atoms with Gasteiger partial charge in [0.2, 0.25) is 0 Å². The minimum absolute atomic E-state index is 0.455. The molecule has 8 nitrogen and oxygen atoms in total. The van der Waals surface area contributed by atoms with Crippen molar-refractivity contribution >= 4 is 0 Å². The summed E-state index contributed by atoms with van der Waals surface area (Å²) >= 11 is 0. The Morgan fingerprint density at radius 3 is 2.83 bits per heavy atom. The molecule has 2 heterocycles. The van der Waals surface area contributed by atoms with E-state index in [1.165, 1.54) is 0 Å². The van der Waals surface area contributed by atoms with Crippen molar-refractivity contribution in [2.75, 3.05) is 0 Å². The second-order valence-electron chi connectivity index (χ2n) is 4.19. The van der Waals surface area contributed by atoms with E-state index in [9.17, 15) is 5.11 Å². The molecule has 0 saturated carbocycles. The number of rotatable bonds is 6. The maximum absolute atomic E-state index is 9.37. The average Bonchev–Trinajstić information content (AvgIpc) is 2.96. The summed E-state index contributed by atoms with van der Waals surface area (Å²) in [5.41, 5.74) is 0.544. The molecule has 8 heteroatoms. The molecular formula is C10H17N7O. The van der Waals surface area contributed by atoms with Gasteiger partial charge >= 0.3 is 0 Å². The van der Waals surface area contributed by atoms with Crippen LogP contribution in [-0.2, 0) is 13.1 Å². The molecule has 0 aliphatic rings. The Morgan fingerprint density at radius 2 is 2.17 bits per heavy atom. The zero-order valence-corrected chi connectivity index (χ0v) is 10.6. The van der Waals surface area contributed by atoms with Gasteiger partial charge in [-0.05, 0) is 23.8 Å². The molecule has 2 aromatic rings. The van der Waals surface area contributed by atoms with Crippen molar-refractivity contribution in [3.05, 3.63) is 17.7 Å². The summed E-state index contributed by atoms with van der Waals surface area (Å²) in [7, 11) is 0. The summed E-state index contributed by atoms with van der Waals surface area (Å²) in [5.74, 6) is 0.741. The van der Waals surface area contributed by atoms with Crippen LogP contribution >= 0.6 is 0 Å². The summed E-state index contributed by atoms with van der Waals surface area (Å²) < 4.78 is 3.39. The van der Waals surface area contributed by atoms with E-state index < -0.39 is 6.10 Å². The van der Waals surface area contributed by atoms with Crippen LogP contribution in [0.25, 0.3) is 0 Å². The molecule has 1 unspecified atom stereocenters. The molecular weight excluding hydrogens is 234 g/mol. The third kappa shape index (κ3) is 2.89. The third-order valence-corrected chi connectivity index (χ3v) is 2.62. The second-order valence-corrected chi connectivity index (χ2v) is 4.19. The number of hydrogen-bond acceptors (Lipinski definition) is 6. The lowest BCUT2D eigenvalue weighted by Gasteiger charge is -2.02. The summed E-state index contributed by atoms with van der Waals surface area (Å²) in [6.07, 6.45) is 3.21. The Kier molecular flexibility index (Phi) is 3.98. The van der Waals surface area contributed by atoms with E-state index in [2.05, 4.69) is 32.8 Å². The third-order valence-electron chi connectivity index (χ3n) is 2.62. The first kappa shape index (κ1) is 12.6. The van der Waals surface area contributed by atoms with Crippen molar-refractivity contribution < 1.29 is 5.11 Å². The summed E-state index contributed by atoms with van der Waals surface area (Å²) in [4.78, 5) is 0. The first-order chi connectivity index (χ1) is 8.70. The number of unbranched alkanes of at least 4 members (excludes halogenated alkanes) is 1. The molecule has 0 saturated heterocycles. The first-order valence-electron chi connectivity index (χ1n) is 6.04. The van der Waals surface area contributed by atoms with E-state index in [1.54, 1.807) is 22.5 Å². The van der Waals surface area contributed by atoms with Crippen LogP contribution in [0.4, 0.5) is 0 Å². The Bertz CT molecular complexity index is 490. The van der Waals surface area contributed by atoms with Gasteiger partial charge in [-0.2, -0.15) is 0 Å². The predicted molar refractivity (Wildman–Crippen MR) is 62.5 cm³/mol. The maximum Gasteiger partial charge on any atom is 0.172 e. The first-order valence-corrected chi connectivity index (χ1v) is 6.04. The molecule has 0 aliphatic carbocycles. The van der Waals surface area contributed by atoms with Gasteiger partial charge in [-0.15, -0.1) is 10.2 Å². The van der Waals surface area contributed by atoms with Crippen molar-refractivity contribution in [2.45, 2.75) is 45.9 Å². The van der Waals surface area contributed by atoms with Crippen LogP contribution in [0.2, 0.25) is 0 Å². The van der Waals surface area contributed by atoms with Gasteiger partial charge in [-0.3, -0.25) is 0 Å². The lowest BCUT2D eigenvalue weighted by Crippen LogP contribution is -2.10. The number of aliphatic hydroxyl groups is 1. The lowest BCUT2D eigenvalue weighted by molar-refractivity contribution is 0.194. The number of nitrogens with zero attached hydrogens (tertiary/aromatic N) is 7. The molecule has 2 aromatic heterocycles. The fraction of sp³-hybridized carbons (Fsp3) is 0.700. The van der Waals surface area contributed by atoms with E-state index in [1.807, 2.05) is 0 Å². The molecule has 2 rings (SSSR count). The van der Waals surface area contributed by atoms with E-state index >= 15 is 0 Å². The normalized spacial score (nSPS) is 12.8. The van der Waals surface area contributed by atoms with E-state index in [0.29, 0.717) is 12.2 Å². The topological polar surface area (TPSA) is 94.5 Å². The number of aryl methyl sites for hydroxylation is 1. The van der Waals surface area contributed by atoms with Crippen molar-refractivity contribution in [2.24, 2.45) is 0 Å². The fourth-order valence-electron chi connectivity index (χ4n) is 1.55. The van der Waals surface area contributed by atoms with Crippen molar-refractivity contribution in [3.63, 3.8) is 0 Å². The zero-order chi connectivity index (χ0) is 13.0. The van der Waals surface area contributed by atoms with Crippen LogP contribution < -0.4 is 0 Å². The Morgan fingerprint density at radius 1 is 1.33 bits per heavy atom. The monoisotopic (exact) mass is 251 g/mol. The van der Waals surface area contributed by atoms with E-state index in [0.717, 1.165) is 25.2 Å². The van der Waals surface area contributed by atoms with Crippen molar-refractivity contribution in [1.29, 1.82) is 0 Å². The van der Waals surface area contributed by atoms with Crippen LogP contribution in [0.1, 0.15) is 44.3 Å². The highest BCUT2D eigenvalue weighted by molar-refractivity contribution is 4.96. The number of tetrazole rings is 1. The summed E-state index contributed by atoms with van der Waals surface area (Å²) in [6.45, 7) is 5.03. The molecule has 0 aliphatic heterocycles. The smallest absolute Gasteiger partial charge is 0.172 e. The van der Waals surface area contributed by atoms with Crippen LogP contribution in [0, 0.1) is 0 Å². The van der Waals surface area contributed by atoms with Crippen molar-refractivity contribution in [3.8, 4) is 0 Å². The Hall–Kier alpha value is -1.83. The predicted octanol–water partition coefficient (Wildman–Crippen LogP) is 0.166. The average molecular weight is 251 g/mol. The molecule has 18 heavy (non-hydrogen) atoms. The minimum atomic E-state index is -0.616. The van der Waals surface area contributed by atoms with Gasteiger partial charge in [0.25, 0.3) is 0 Å². The molecule has 1 N–H and O–H groups in total. The van der Waals surface area contributed by atoms with Gasteiger partial charge in [0.05, 0.1) is 12.3 Å². The molecule has 0 bridgehead atoms. The largest absolute Gasteiger partial charge is 0.387 e. The highest BCUT2D eigenvalue weighted by Crippen LogP contribution is 2.07. The van der Waals surface area contributed by atoms with Crippen LogP contribution in [0.3, 0.4) is 0 Å². The molecule has 98 valence electrons. The standard InChI is InChI=1S/C10H17N7O/c1-3-4-5-17-10(12-13-15-17)7-16-6-9(8(2)18)11-14-16/h6,8,18H,3-5,7H2,1-2H3. The zero-order valence-electron chi connectivity index (χ0n) is 10.6. The number of hydrogen-bond donors (Lipinski definition) is 1. The van der Waals surface area contributed by atoms with Gasteiger partial charge in [-0.25, -0.2) is 9.36 Å². The molecule has 0 spiro atoms. The highest BCUT2D eigenvalue weighted by Gasteiger charge is 2.10. The Labute approximate surface area is 105 Å². The SMILES string of the molecule is CCCCn1nnnc1Cn1cc(C(C)O)nn1. The Balaban J connectivity index is 2.06. The molecule has 0 fully saturated rings. The molecule has 1 atom stereocenters. The number of aliphatic hydroxyl groups excluding tert-OH is 1. The van der Waals surface area contributed by atoms with Gasteiger partial charge in [0.1, 0.15) is 12.2 Å². The van der Waals surface area contributed by atoms with Gasteiger partial charge < -0.3 is 5.11 Å². The van der Waals surface area contributed by atoms with E-state index in [-0.39, 0.29) is 0 Å². The quantitative estimate of drug-likeness (QED) is 0.786. The van der Waals surface area contributed by atoms with Gasteiger partial charge in [0.15, 0.2) is 5.82 Å². The molecule has 0 amide bonds. The van der Waals surface area contributed by atoms with Gasteiger partial charge in [-0.1, -0.05) is 18.6 Å². The van der Waals surface area contributed by atoms with E-state index in [4.69, 9.17) is 0 Å². The van der Waals surface area contributed by atoms with Crippen LogP contribution in [0.15, 0.2) is 6.20 Å². The van der Waals surface area contributed by atoms with Crippen molar-refractivity contribution in [1.82, 2.24) is 35.2 Å². The fourth-order valence-corrected chi connectivity index (χ4v) is 1.55. The van der Waals surface area contributed by atoms with Crippen LogP contribution in [-0.4, -0.2) is 40.3 Å². The number of aromatic nitrogens is 7. The van der Waals surface area contributed by atoms with Gasteiger partial charge in [0, 0.05) is 6.54 Å².